The highest BCUT2D eigenvalue weighted by Gasteiger charge is 2.25. The lowest BCUT2D eigenvalue weighted by Crippen LogP contribution is -2.28. The van der Waals surface area contributed by atoms with E-state index in [4.69, 9.17) is 0 Å². The van der Waals surface area contributed by atoms with Crippen molar-refractivity contribution in [2.24, 2.45) is 0 Å². The lowest BCUT2D eigenvalue weighted by Gasteiger charge is -2.26. The van der Waals surface area contributed by atoms with Crippen molar-refractivity contribution in [1.29, 1.82) is 0 Å². The SMILES string of the molecule is C[Si](C)c1ccc2ccccc2c1-c1c(P(c2ccccc2)c2ccccc2)ccc2ccccc12. The van der Waals surface area contributed by atoms with Gasteiger partial charge < -0.3 is 0 Å². The molecule has 6 aromatic rings. The molecule has 0 aliphatic heterocycles. The monoisotopic (exact) mass is 495 g/mol. The van der Waals surface area contributed by atoms with Crippen LogP contribution >= 0.6 is 7.92 Å². The van der Waals surface area contributed by atoms with E-state index in [2.05, 4.69) is 147 Å². The van der Waals surface area contributed by atoms with Crippen molar-refractivity contribution >= 4 is 59.4 Å². The number of rotatable bonds is 5. The molecule has 1 radical (unpaired) electrons. The van der Waals surface area contributed by atoms with Gasteiger partial charge in [0.05, 0.1) is 8.80 Å². The highest BCUT2D eigenvalue weighted by atomic mass is 31.1. The highest BCUT2D eigenvalue weighted by Crippen LogP contribution is 2.41. The van der Waals surface area contributed by atoms with Gasteiger partial charge in [0.25, 0.3) is 0 Å². The Kier molecular flexibility index (Phi) is 6.28. The Bertz CT molecular complexity index is 1620. The molecule has 173 valence electrons. The van der Waals surface area contributed by atoms with Crippen LogP contribution in [0.2, 0.25) is 13.1 Å². The summed E-state index contributed by atoms with van der Waals surface area (Å²) in [6.07, 6.45) is 0. The summed E-state index contributed by atoms with van der Waals surface area (Å²) in [7, 11) is -1.45. The maximum absolute atomic E-state index is 2.42. The van der Waals surface area contributed by atoms with E-state index in [0.717, 1.165) is 0 Å². The van der Waals surface area contributed by atoms with Crippen molar-refractivity contribution in [2.45, 2.75) is 13.1 Å². The molecule has 0 saturated carbocycles. The van der Waals surface area contributed by atoms with Crippen LogP contribution in [0.5, 0.6) is 0 Å². The fourth-order valence-electron chi connectivity index (χ4n) is 5.25. The summed E-state index contributed by atoms with van der Waals surface area (Å²) in [6, 6.07) is 49.4. The molecule has 0 fully saturated rings. The van der Waals surface area contributed by atoms with Crippen molar-refractivity contribution in [2.75, 3.05) is 0 Å². The van der Waals surface area contributed by atoms with Gasteiger partial charge in [0.15, 0.2) is 0 Å². The fraction of sp³-hybridized carbons (Fsp3) is 0.0588. The maximum atomic E-state index is 2.42. The van der Waals surface area contributed by atoms with E-state index in [0.29, 0.717) is 0 Å². The summed E-state index contributed by atoms with van der Waals surface area (Å²) in [6.45, 7) is 4.83. The van der Waals surface area contributed by atoms with Crippen molar-refractivity contribution < 1.29 is 0 Å². The molecule has 6 rings (SSSR count). The average Bonchev–Trinajstić information content (AvgIpc) is 2.93. The summed E-state index contributed by atoms with van der Waals surface area (Å²) < 4.78 is 0. The van der Waals surface area contributed by atoms with E-state index >= 15 is 0 Å². The normalized spacial score (nSPS) is 11.6. The second-order valence-corrected chi connectivity index (χ2v) is 14.1. The Labute approximate surface area is 216 Å². The van der Waals surface area contributed by atoms with Crippen LogP contribution in [-0.2, 0) is 0 Å². The predicted molar refractivity (Wildman–Crippen MR) is 163 cm³/mol. The van der Waals surface area contributed by atoms with Gasteiger partial charge in [-0.2, -0.15) is 0 Å². The first-order valence-electron chi connectivity index (χ1n) is 12.5. The van der Waals surface area contributed by atoms with Crippen molar-refractivity contribution in [3.8, 4) is 11.1 Å². The first kappa shape index (κ1) is 22.9. The second-order valence-electron chi connectivity index (χ2n) is 9.40. The van der Waals surface area contributed by atoms with Crippen LogP contribution in [0.15, 0.2) is 133 Å². The maximum Gasteiger partial charge on any atom is 0.0800 e. The molecule has 0 saturated heterocycles. The Balaban J connectivity index is 1.78. The van der Waals surface area contributed by atoms with Crippen LogP contribution < -0.4 is 21.1 Å². The molecule has 36 heavy (non-hydrogen) atoms. The number of fused-ring (bicyclic) bond motifs is 2. The minimum Gasteiger partial charge on any atom is -0.0671 e. The molecule has 0 heterocycles. The lowest BCUT2D eigenvalue weighted by atomic mass is 9.93. The van der Waals surface area contributed by atoms with Gasteiger partial charge in [-0.25, -0.2) is 0 Å². The van der Waals surface area contributed by atoms with Gasteiger partial charge in [0, 0.05) is 0 Å². The van der Waals surface area contributed by atoms with Gasteiger partial charge in [-0.1, -0.05) is 152 Å². The molecule has 2 heteroatoms. The van der Waals surface area contributed by atoms with Gasteiger partial charge in [-0.3, -0.25) is 0 Å². The van der Waals surface area contributed by atoms with E-state index in [1.807, 2.05) is 0 Å². The molecule has 0 atom stereocenters. The van der Waals surface area contributed by atoms with Crippen molar-refractivity contribution in [3.63, 3.8) is 0 Å². The fourth-order valence-corrected chi connectivity index (χ4v) is 8.90. The number of benzene rings is 6. The topological polar surface area (TPSA) is 0 Å². The zero-order valence-corrected chi connectivity index (χ0v) is 22.5. The first-order chi connectivity index (χ1) is 17.7. The minimum atomic E-state index is -0.739. The van der Waals surface area contributed by atoms with Gasteiger partial charge in [-0.05, 0) is 56.5 Å². The van der Waals surface area contributed by atoms with Crippen LogP contribution in [0.25, 0.3) is 32.7 Å². The van der Waals surface area contributed by atoms with E-state index in [1.54, 1.807) is 0 Å². The summed E-state index contributed by atoms with van der Waals surface area (Å²) in [5, 5.41) is 11.0. The van der Waals surface area contributed by atoms with Gasteiger partial charge in [0.1, 0.15) is 0 Å². The van der Waals surface area contributed by atoms with E-state index < -0.39 is 16.7 Å². The third-order valence-electron chi connectivity index (χ3n) is 6.89. The molecule has 0 bridgehead atoms. The Morgan fingerprint density at radius 1 is 0.444 bits per heavy atom. The molecule has 0 aliphatic rings. The molecule has 6 aromatic carbocycles. The Morgan fingerprint density at radius 3 is 1.47 bits per heavy atom. The Morgan fingerprint density at radius 2 is 0.917 bits per heavy atom. The molecule has 0 spiro atoms. The van der Waals surface area contributed by atoms with Gasteiger partial charge in [-0.15, -0.1) is 0 Å². The van der Waals surface area contributed by atoms with E-state index in [9.17, 15) is 0 Å². The number of hydrogen-bond donors (Lipinski definition) is 0. The molecular formula is C34H28PSi. The lowest BCUT2D eigenvalue weighted by molar-refractivity contribution is 1.71. The molecule has 0 aromatic heterocycles. The zero-order valence-electron chi connectivity index (χ0n) is 20.6. The molecule has 0 aliphatic carbocycles. The summed E-state index contributed by atoms with van der Waals surface area (Å²) in [4.78, 5) is 0. The zero-order chi connectivity index (χ0) is 24.5. The summed E-state index contributed by atoms with van der Waals surface area (Å²) in [5.41, 5.74) is 2.84. The molecule has 0 amide bonds. The molecule has 0 nitrogen and oxygen atoms in total. The van der Waals surface area contributed by atoms with Gasteiger partial charge >= 0.3 is 0 Å². The van der Waals surface area contributed by atoms with Crippen LogP contribution in [0.1, 0.15) is 0 Å². The first-order valence-corrected chi connectivity index (χ1v) is 16.3. The largest absolute Gasteiger partial charge is 0.0800 e. The van der Waals surface area contributed by atoms with Crippen LogP contribution in [0.3, 0.4) is 0 Å². The third-order valence-corrected chi connectivity index (χ3v) is 10.9. The smallest absolute Gasteiger partial charge is 0.0671 e. The predicted octanol–water partition coefficient (Wildman–Crippen LogP) is 7.38. The van der Waals surface area contributed by atoms with Crippen LogP contribution in [0, 0.1) is 0 Å². The molecular weight excluding hydrogens is 467 g/mol. The van der Waals surface area contributed by atoms with E-state index in [-0.39, 0.29) is 0 Å². The van der Waals surface area contributed by atoms with Crippen LogP contribution in [-0.4, -0.2) is 8.80 Å². The summed E-state index contributed by atoms with van der Waals surface area (Å²) >= 11 is 0. The summed E-state index contributed by atoms with van der Waals surface area (Å²) in [5.74, 6) is 0. The van der Waals surface area contributed by atoms with Crippen molar-refractivity contribution in [1.82, 2.24) is 0 Å². The van der Waals surface area contributed by atoms with E-state index in [1.165, 1.54) is 53.8 Å². The second kappa shape index (κ2) is 9.86. The highest BCUT2D eigenvalue weighted by molar-refractivity contribution is 7.80. The molecule has 0 unspecified atom stereocenters. The number of hydrogen-bond acceptors (Lipinski definition) is 0. The molecule has 0 N–H and O–H groups in total. The third kappa shape index (κ3) is 4.09. The quantitative estimate of drug-likeness (QED) is 0.173. The van der Waals surface area contributed by atoms with Crippen LogP contribution in [0.4, 0.5) is 0 Å². The standard InChI is InChI=1S/C34H28PSi/c1-36(2)32-24-22-26-14-10-12-20-30(26)34(32)33-29-19-11-9-13-25(29)21-23-31(33)35(27-15-5-3-6-16-27)28-17-7-4-8-18-28/h3-24H,1-2H3. The van der Waals surface area contributed by atoms with Crippen molar-refractivity contribution in [3.05, 3.63) is 133 Å². The minimum absolute atomic E-state index is 0.710. The van der Waals surface area contributed by atoms with Gasteiger partial charge in [0.2, 0.25) is 0 Å². The Hall–Kier alpha value is -3.51. The average molecular weight is 496 g/mol.